The molecule has 0 bridgehead atoms. The van der Waals surface area contributed by atoms with Gasteiger partial charge in [0, 0.05) is 13.1 Å². The van der Waals surface area contributed by atoms with Gasteiger partial charge in [-0.2, -0.15) is 0 Å². The monoisotopic (exact) mass is 370 g/mol. The highest BCUT2D eigenvalue weighted by Gasteiger charge is 2.28. The van der Waals surface area contributed by atoms with E-state index in [1.54, 1.807) is 0 Å². The maximum absolute atomic E-state index is 6.05. The molecular weight excluding hydrogens is 344 g/mol. The van der Waals surface area contributed by atoms with Gasteiger partial charge in [0.2, 0.25) is 5.90 Å². The summed E-state index contributed by atoms with van der Waals surface area (Å²) in [5, 5.41) is 0. The molecule has 1 aliphatic heterocycles. The summed E-state index contributed by atoms with van der Waals surface area (Å²) >= 11 is 0. The van der Waals surface area contributed by atoms with E-state index >= 15 is 0 Å². The van der Waals surface area contributed by atoms with Crippen LogP contribution < -0.4 is 0 Å². The molecule has 0 fully saturated rings. The van der Waals surface area contributed by atoms with E-state index in [9.17, 15) is 0 Å². The van der Waals surface area contributed by atoms with Gasteiger partial charge in [0.25, 0.3) is 0 Å². The lowest BCUT2D eigenvalue weighted by Gasteiger charge is -2.28. The lowest BCUT2D eigenvalue weighted by atomic mass is 10.1. The highest BCUT2D eigenvalue weighted by Crippen LogP contribution is 2.25. The van der Waals surface area contributed by atoms with Gasteiger partial charge in [-0.15, -0.1) is 0 Å². The molecule has 3 heteroatoms. The van der Waals surface area contributed by atoms with Crippen molar-refractivity contribution in [1.82, 2.24) is 4.90 Å². The third kappa shape index (κ3) is 4.49. The predicted octanol–water partition coefficient (Wildman–Crippen LogP) is 5.25. The van der Waals surface area contributed by atoms with Crippen LogP contribution in [0.5, 0.6) is 0 Å². The number of benzene rings is 3. The molecule has 2 atom stereocenters. The van der Waals surface area contributed by atoms with Crippen LogP contribution in [0.3, 0.4) is 0 Å². The molecular formula is C25H26N2O. The maximum Gasteiger partial charge on any atom is 0.201 e. The average Bonchev–Trinajstić information content (AvgIpc) is 3.25. The van der Waals surface area contributed by atoms with Gasteiger partial charge in [0.05, 0.1) is 6.04 Å². The molecule has 0 spiro atoms. The molecule has 0 aromatic heterocycles. The number of aliphatic imine (C=N–C) groups is 1. The fraction of sp³-hybridized carbons (Fsp3) is 0.240. The van der Waals surface area contributed by atoms with Gasteiger partial charge < -0.3 is 4.74 Å². The predicted molar refractivity (Wildman–Crippen MR) is 114 cm³/mol. The molecule has 142 valence electrons. The molecule has 1 heterocycles. The molecule has 3 aromatic carbocycles. The Balaban J connectivity index is 1.55. The summed E-state index contributed by atoms with van der Waals surface area (Å²) in [6.45, 7) is 4.52. The lowest BCUT2D eigenvalue weighted by molar-refractivity contribution is 0.203. The van der Waals surface area contributed by atoms with E-state index in [0.717, 1.165) is 19.0 Å². The summed E-state index contributed by atoms with van der Waals surface area (Å²) in [4.78, 5) is 7.34. The first kappa shape index (κ1) is 18.5. The van der Waals surface area contributed by atoms with E-state index in [2.05, 4.69) is 96.8 Å². The minimum atomic E-state index is 0.0916. The van der Waals surface area contributed by atoms with E-state index in [1.807, 2.05) is 6.07 Å². The van der Waals surface area contributed by atoms with Crippen molar-refractivity contribution in [1.29, 1.82) is 0 Å². The summed E-state index contributed by atoms with van der Waals surface area (Å²) in [6, 6.07) is 31.8. The third-order valence-electron chi connectivity index (χ3n) is 5.22. The summed E-state index contributed by atoms with van der Waals surface area (Å²) in [5.74, 6) is 0.834. The summed E-state index contributed by atoms with van der Waals surface area (Å²) in [7, 11) is 0. The SMILES string of the molecule is C[C@H](C1=N[C@H](c2ccccc2)CO1)N(Cc1ccccc1)Cc1ccccc1. The van der Waals surface area contributed by atoms with Crippen molar-refractivity contribution in [2.24, 2.45) is 4.99 Å². The Kier molecular flexibility index (Phi) is 5.83. The molecule has 0 amide bonds. The number of hydrogen-bond acceptors (Lipinski definition) is 3. The fourth-order valence-electron chi connectivity index (χ4n) is 3.59. The van der Waals surface area contributed by atoms with Crippen molar-refractivity contribution in [2.45, 2.75) is 32.1 Å². The molecule has 3 nitrogen and oxygen atoms in total. The molecule has 4 rings (SSSR count). The van der Waals surface area contributed by atoms with Gasteiger partial charge >= 0.3 is 0 Å². The first-order valence-electron chi connectivity index (χ1n) is 9.87. The normalized spacial score (nSPS) is 17.2. The second-order valence-electron chi connectivity index (χ2n) is 7.26. The van der Waals surface area contributed by atoms with E-state index in [1.165, 1.54) is 16.7 Å². The van der Waals surface area contributed by atoms with E-state index in [4.69, 9.17) is 9.73 Å². The first-order valence-corrected chi connectivity index (χ1v) is 9.87. The molecule has 0 radical (unpaired) electrons. The molecule has 28 heavy (non-hydrogen) atoms. The van der Waals surface area contributed by atoms with Crippen LogP contribution in [0.15, 0.2) is 96.0 Å². The Hall–Kier alpha value is -2.91. The van der Waals surface area contributed by atoms with Gasteiger partial charge in [0.15, 0.2) is 0 Å². The zero-order valence-corrected chi connectivity index (χ0v) is 16.2. The van der Waals surface area contributed by atoms with Crippen molar-refractivity contribution < 1.29 is 4.74 Å². The van der Waals surface area contributed by atoms with Crippen molar-refractivity contribution in [3.63, 3.8) is 0 Å². The van der Waals surface area contributed by atoms with E-state index in [-0.39, 0.29) is 12.1 Å². The molecule has 0 N–H and O–H groups in total. The largest absolute Gasteiger partial charge is 0.477 e. The van der Waals surface area contributed by atoms with Crippen LogP contribution in [0, 0.1) is 0 Å². The van der Waals surface area contributed by atoms with Crippen LogP contribution in [0.25, 0.3) is 0 Å². The molecule has 0 unspecified atom stereocenters. The second-order valence-corrected chi connectivity index (χ2v) is 7.26. The van der Waals surface area contributed by atoms with Crippen LogP contribution in [-0.4, -0.2) is 23.4 Å². The Morgan fingerprint density at radius 1 is 0.821 bits per heavy atom. The second kappa shape index (κ2) is 8.85. The maximum atomic E-state index is 6.05. The van der Waals surface area contributed by atoms with Crippen molar-refractivity contribution in [2.75, 3.05) is 6.61 Å². The smallest absolute Gasteiger partial charge is 0.201 e. The summed E-state index contributed by atoms with van der Waals surface area (Å²) in [5.41, 5.74) is 3.80. The van der Waals surface area contributed by atoms with Gasteiger partial charge in [-0.05, 0) is 23.6 Å². The van der Waals surface area contributed by atoms with Crippen LogP contribution in [0.1, 0.15) is 29.7 Å². The molecule has 0 saturated carbocycles. The number of ether oxygens (including phenoxy) is 1. The van der Waals surface area contributed by atoms with Gasteiger partial charge in [-0.1, -0.05) is 91.0 Å². The minimum absolute atomic E-state index is 0.0916. The fourth-order valence-corrected chi connectivity index (χ4v) is 3.59. The Morgan fingerprint density at radius 2 is 1.32 bits per heavy atom. The topological polar surface area (TPSA) is 24.8 Å². The van der Waals surface area contributed by atoms with Crippen molar-refractivity contribution >= 4 is 5.90 Å². The van der Waals surface area contributed by atoms with E-state index < -0.39 is 0 Å². The lowest BCUT2D eigenvalue weighted by Crippen LogP contribution is -2.38. The molecule has 3 aromatic rings. The first-order chi connectivity index (χ1) is 13.8. The molecule has 0 aliphatic carbocycles. The van der Waals surface area contributed by atoms with Crippen molar-refractivity contribution in [3.05, 3.63) is 108 Å². The van der Waals surface area contributed by atoms with Gasteiger partial charge in [-0.3, -0.25) is 4.90 Å². The zero-order valence-electron chi connectivity index (χ0n) is 16.2. The van der Waals surface area contributed by atoms with Crippen LogP contribution in [0.2, 0.25) is 0 Å². The summed E-state index contributed by atoms with van der Waals surface area (Å²) < 4.78 is 6.05. The van der Waals surface area contributed by atoms with Crippen molar-refractivity contribution in [3.8, 4) is 0 Å². The number of rotatable bonds is 7. The Morgan fingerprint density at radius 3 is 1.86 bits per heavy atom. The van der Waals surface area contributed by atoms with Crippen LogP contribution >= 0.6 is 0 Å². The molecule has 0 saturated heterocycles. The van der Waals surface area contributed by atoms with E-state index in [0.29, 0.717) is 6.61 Å². The van der Waals surface area contributed by atoms with Crippen LogP contribution in [0.4, 0.5) is 0 Å². The standard InChI is InChI=1S/C25H26N2O/c1-20(25-26-24(19-28-25)23-15-9-4-10-16-23)27(17-21-11-5-2-6-12-21)18-22-13-7-3-8-14-22/h2-16,20,24H,17-19H2,1H3/t20-,24+/m1/s1. The highest BCUT2D eigenvalue weighted by atomic mass is 16.5. The van der Waals surface area contributed by atoms with Crippen LogP contribution in [-0.2, 0) is 17.8 Å². The quantitative estimate of drug-likeness (QED) is 0.568. The Bertz CT molecular complexity index is 852. The zero-order chi connectivity index (χ0) is 19.2. The van der Waals surface area contributed by atoms with Gasteiger partial charge in [-0.25, -0.2) is 4.99 Å². The number of nitrogens with zero attached hydrogens (tertiary/aromatic N) is 2. The molecule has 1 aliphatic rings. The summed E-state index contributed by atoms with van der Waals surface area (Å²) in [6.07, 6.45) is 0. The highest BCUT2D eigenvalue weighted by molar-refractivity contribution is 5.83. The van der Waals surface area contributed by atoms with Gasteiger partial charge in [0.1, 0.15) is 12.6 Å². The average molecular weight is 370 g/mol. The Labute approximate surface area is 167 Å². The third-order valence-corrected chi connectivity index (χ3v) is 5.22. The number of hydrogen-bond donors (Lipinski definition) is 0. The minimum Gasteiger partial charge on any atom is -0.477 e.